The van der Waals surface area contributed by atoms with E-state index in [9.17, 15) is 10.1 Å². The van der Waals surface area contributed by atoms with Crippen molar-refractivity contribution in [3.05, 3.63) is 83.4 Å². The standard InChI is InChI=1S/C23H20N4O/c1-23(19-9-5-6-15(12-19)14-24)20(21(28)27(2)22(25)26-23)18-11-10-16-7-3-4-8-17(16)13-18/h3-13,20H,1-2H3,(H2,25,26)/t20-,23-/m1/s1. The first-order valence-corrected chi connectivity index (χ1v) is 9.06. The highest BCUT2D eigenvalue weighted by Crippen LogP contribution is 2.44. The van der Waals surface area contributed by atoms with Crippen molar-refractivity contribution in [2.24, 2.45) is 10.7 Å². The zero-order valence-corrected chi connectivity index (χ0v) is 15.8. The van der Waals surface area contributed by atoms with E-state index in [1.54, 1.807) is 19.2 Å². The molecule has 0 spiro atoms. The Labute approximate surface area is 163 Å². The monoisotopic (exact) mass is 368 g/mol. The summed E-state index contributed by atoms with van der Waals surface area (Å²) < 4.78 is 0. The van der Waals surface area contributed by atoms with Crippen LogP contribution >= 0.6 is 0 Å². The molecule has 4 rings (SSSR count). The minimum absolute atomic E-state index is 0.118. The molecule has 1 amide bonds. The minimum Gasteiger partial charge on any atom is -0.369 e. The number of benzene rings is 3. The lowest BCUT2D eigenvalue weighted by molar-refractivity contribution is -0.130. The van der Waals surface area contributed by atoms with Crippen LogP contribution in [-0.4, -0.2) is 23.8 Å². The van der Waals surface area contributed by atoms with Gasteiger partial charge in [0.25, 0.3) is 0 Å². The Balaban J connectivity index is 1.95. The van der Waals surface area contributed by atoms with Gasteiger partial charge in [0, 0.05) is 7.05 Å². The van der Waals surface area contributed by atoms with Gasteiger partial charge in [0.15, 0.2) is 5.96 Å². The molecule has 0 bridgehead atoms. The number of rotatable bonds is 2. The van der Waals surface area contributed by atoms with E-state index in [1.807, 2.05) is 61.5 Å². The van der Waals surface area contributed by atoms with Gasteiger partial charge in [-0.05, 0) is 41.0 Å². The second kappa shape index (κ2) is 6.50. The number of fused-ring (bicyclic) bond motifs is 1. The van der Waals surface area contributed by atoms with Gasteiger partial charge in [-0.15, -0.1) is 0 Å². The zero-order valence-electron chi connectivity index (χ0n) is 15.8. The van der Waals surface area contributed by atoms with Gasteiger partial charge in [-0.2, -0.15) is 5.26 Å². The van der Waals surface area contributed by atoms with Gasteiger partial charge in [-0.25, -0.2) is 4.99 Å². The van der Waals surface area contributed by atoms with Crippen molar-refractivity contribution in [2.75, 3.05) is 7.05 Å². The number of hydrogen-bond acceptors (Lipinski definition) is 4. The topological polar surface area (TPSA) is 82.5 Å². The van der Waals surface area contributed by atoms with Crippen LogP contribution in [0.15, 0.2) is 71.7 Å². The number of likely N-dealkylation sites (N-methyl/N-ethyl adjacent to an activating group) is 1. The van der Waals surface area contributed by atoms with Gasteiger partial charge >= 0.3 is 0 Å². The molecule has 3 aromatic rings. The smallest absolute Gasteiger partial charge is 0.239 e. The third-order valence-electron chi connectivity index (χ3n) is 5.51. The minimum atomic E-state index is -0.914. The van der Waals surface area contributed by atoms with Crippen molar-refractivity contribution in [1.82, 2.24) is 4.90 Å². The third kappa shape index (κ3) is 2.71. The Hall–Kier alpha value is -3.65. The Morgan fingerprint density at radius 3 is 2.57 bits per heavy atom. The van der Waals surface area contributed by atoms with E-state index in [0.717, 1.165) is 21.9 Å². The first kappa shape index (κ1) is 17.7. The molecule has 5 heteroatoms. The Morgan fingerprint density at radius 1 is 1.07 bits per heavy atom. The fraction of sp³-hybridized carbons (Fsp3) is 0.174. The molecule has 2 atom stereocenters. The van der Waals surface area contributed by atoms with Gasteiger partial charge in [0.05, 0.1) is 17.6 Å². The molecule has 138 valence electrons. The van der Waals surface area contributed by atoms with Crippen molar-refractivity contribution >= 4 is 22.6 Å². The summed E-state index contributed by atoms with van der Waals surface area (Å²) in [7, 11) is 1.64. The van der Waals surface area contributed by atoms with E-state index in [2.05, 4.69) is 6.07 Å². The maximum absolute atomic E-state index is 13.3. The summed E-state index contributed by atoms with van der Waals surface area (Å²) in [6, 6.07) is 23.5. The number of aliphatic imine (C=N–C) groups is 1. The molecule has 0 saturated heterocycles. The second-order valence-corrected chi connectivity index (χ2v) is 7.25. The molecule has 5 nitrogen and oxygen atoms in total. The number of hydrogen-bond donors (Lipinski definition) is 1. The number of carbonyl (C=O) groups is 1. The van der Waals surface area contributed by atoms with Gasteiger partial charge in [0.1, 0.15) is 5.54 Å². The van der Waals surface area contributed by atoms with Crippen LogP contribution in [0, 0.1) is 11.3 Å². The molecular formula is C23H20N4O. The predicted molar refractivity (Wildman–Crippen MR) is 110 cm³/mol. The van der Waals surface area contributed by atoms with E-state index >= 15 is 0 Å². The van der Waals surface area contributed by atoms with Crippen LogP contribution in [0.2, 0.25) is 0 Å². The van der Waals surface area contributed by atoms with Gasteiger partial charge in [-0.1, -0.05) is 54.6 Å². The van der Waals surface area contributed by atoms with Crippen LogP contribution < -0.4 is 5.73 Å². The van der Waals surface area contributed by atoms with Crippen molar-refractivity contribution in [1.29, 1.82) is 5.26 Å². The lowest BCUT2D eigenvalue weighted by Gasteiger charge is -2.41. The van der Waals surface area contributed by atoms with Crippen LogP contribution in [0.4, 0.5) is 0 Å². The molecule has 0 unspecified atom stereocenters. The Bertz CT molecular complexity index is 1160. The van der Waals surface area contributed by atoms with Gasteiger partial charge in [0.2, 0.25) is 5.91 Å². The second-order valence-electron chi connectivity index (χ2n) is 7.25. The van der Waals surface area contributed by atoms with Crippen molar-refractivity contribution in [3.8, 4) is 6.07 Å². The van der Waals surface area contributed by atoms with Crippen LogP contribution in [0.3, 0.4) is 0 Å². The Morgan fingerprint density at radius 2 is 1.82 bits per heavy atom. The molecule has 0 radical (unpaired) electrons. The average molecular weight is 368 g/mol. The normalized spacial score (nSPS) is 22.0. The lowest BCUT2D eigenvalue weighted by Crippen LogP contribution is -2.52. The molecule has 1 aliphatic rings. The molecule has 0 fully saturated rings. The molecule has 3 aromatic carbocycles. The molecule has 0 saturated carbocycles. The van der Waals surface area contributed by atoms with Crippen LogP contribution in [-0.2, 0) is 10.3 Å². The predicted octanol–water partition coefficient (Wildman–Crippen LogP) is 3.50. The lowest BCUT2D eigenvalue weighted by atomic mass is 9.74. The fourth-order valence-electron chi connectivity index (χ4n) is 3.91. The fourth-order valence-corrected chi connectivity index (χ4v) is 3.91. The van der Waals surface area contributed by atoms with E-state index in [1.165, 1.54) is 4.90 Å². The van der Waals surface area contributed by atoms with Crippen molar-refractivity contribution in [2.45, 2.75) is 18.4 Å². The molecule has 2 N–H and O–H groups in total. The quantitative estimate of drug-likeness (QED) is 0.751. The third-order valence-corrected chi connectivity index (χ3v) is 5.51. The summed E-state index contributed by atoms with van der Waals surface area (Å²) in [4.78, 5) is 19.4. The van der Waals surface area contributed by atoms with Crippen LogP contribution in [0.25, 0.3) is 10.8 Å². The number of amides is 1. The average Bonchev–Trinajstić information content (AvgIpc) is 2.72. The van der Waals surface area contributed by atoms with Crippen molar-refractivity contribution in [3.63, 3.8) is 0 Å². The number of nitrogens with zero attached hydrogens (tertiary/aromatic N) is 3. The summed E-state index contributed by atoms with van der Waals surface area (Å²) in [6.07, 6.45) is 0. The maximum atomic E-state index is 13.3. The molecule has 28 heavy (non-hydrogen) atoms. The molecular weight excluding hydrogens is 348 g/mol. The summed E-state index contributed by atoms with van der Waals surface area (Å²) in [6.45, 7) is 1.90. The number of nitriles is 1. The van der Waals surface area contributed by atoms with Gasteiger partial charge in [-0.3, -0.25) is 9.69 Å². The van der Waals surface area contributed by atoms with E-state index in [0.29, 0.717) is 5.56 Å². The number of carbonyl (C=O) groups excluding carboxylic acids is 1. The number of nitrogens with two attached hydrogens (primary N) is 1. The van der Waals surface area contributed by atoms with Crippen LogP contribution in [0.5, 0.6) is 0 Å². The summed E-state index contributed by atoms with van der Waals surface area (Å²) >= 11 is 0. The first-order valence-electron chi connectivity index (χ1n) is 9.06. The highest BCUT2D eigenvalue weighted by molar-refractivity contribution is 6.02. The summed E-state index contributed by atoms with van der Waals surface area (Å²) in [5.41, 5.74) is 7.34. The largest absolute Gasteiger partial charge is 0.369 e. The molecule has 1 heterocycles. The highest BCUT2D eigenvalue weighted by atomic mass is 16.2. The Kier molecular flexibility index (Phi) is 4.12. The SMILES string of the molecule is CN1C(=O)[C@@H](c2ccc3ccccc3c2)[C@@](C)(c2cccc(C#N)c2)N=C1N. The first-order chi connectivity index (χ1) is 13.4. The van der Waals surface area contributed by atoms with E-state index in [-0.39, 0.29) is 11.9 Å². The number of guanidine groups is 1. The molecule has 1 aliphatic heterocycles. The van der Waals surface area contributed by atoms with E-state index < -0.39 is 11.5 Å². The molecule has 0 aliphatic carbocycles. The molecule has 0 aromatic heterocycles. The zero-order chi connectivity index (χ0) is 19.9. The van der Waals surface area contributed by atoms with Crippen molar-refractivity contribution < 1.29 is 4.79 Å². The van der Waals surface area contributed by atoms with E-state index in [4.69, 9.17) is 10.7 Å². The summed E-state index contributed by atoms with van der Waals surface area (Å²) in [5.74, 6) is -0.497. The maximum Gasteiger partial charge on any atom is 0.239 e. The van der Waals surface area contributed by atoms with Crippen LogP contribution in [0.1, 0.15) is 29.5 Å². The van der Waals surface area contributed by atoms with Gasteiger partial charge < -0.3 is 5.73 Å². The summed E-state index contributed by atoms with van der Waals surface area (Å²) in [5, 5.41) is 11.5. The highest BCUT2D eigenvalue weighted by Gasteiger charge is 2.47.